The molecule has 7 nitrogen and oxygen atoms in total. The van der Waals surface area contributed by atoms with Crippen LogP contribution < -0.4 is 15.0 Å². The van der Waals surface area contributed by atoms with Gasteiger partial charge < -0.3 is 9.84 Å². The minimum absolute atomic E-state index is 0.00522. The number of halogens is 1. The van der Waals surface area contributed by atoms with Crippen molar-refractivity contribution in [3.63, 3.8) is 0 Å². The molecule has 1 aliphatic rings. The molecule has 0 saturated carbocycles. The molecular formula is C29H19IN2O5S. The van der Waals surface area contributed by atoms with Crippen molar-refractivity contribution in [2.24, 2.45) is 0 Å². The second-order valence-electron chi connectivity index (χ2n) is 8.47. The molecule has 0 spiro atoms. The van der Waals surface area contributed by atoms with Crippen molar-refractivity contribution < 1.29 is 24.2 Å². The zero-order valence-electron chi connectivity index (χ0n) is 19.7. The summed E-state index contributed by atoms with van der Waals surface area (Å²) in [5, 5.41) is 14.0. The van der Waals surface area contributed by atoms with Gasteiger partial charge in [-0.25, -0.2) is 4.79 Å². The van der Waals surface area contributed by atoms with E-state index in [1.807, 2.05) is 24.3 Å². The molecule has 1 saturated heterocycles. The van der Waals surface area contributed by atoms with E-state index in [0.29, 0.717) is 17.9 Å². The van der Waals surface area contributed by atoms with Gasteiger partial charge in [0.25, 0.3) is 11.8 Å². The third kappa shape index (κ3) is 5.29. The first-order valence-electron chi connectivity index (χ1n) is 11.4. The zero-order chi connectivity index (χ0) is 26.8. The number of amides is 2. The van der Waals surface area contributed by atoms with Crippen molar-refractivity contribution in [2.45, 2.75) is 6.61 Å². The summed E-state index contributed by atoms with van der Waals surface area (Å²) in [6.45, 7) is 0.393. The third-order valence-electron chi connectivity index (χ3n) is 5.93. The number of anilines is 1. The number of rotatable bonds is 6. The Morgan fingerprint density at radius 2 is 1.76 bits per heavy atom. The van der Waals surface area contributed by atoms with Gasteiger partial charge in [-0.1, -0.05) is 48.5 Å². The molecule has 1 fully saturated rings. The first-order valence-corrected chi connectivity index (χ1v) is 12.9. The Bertz CT molecular complexity index is 1670. The van der Waals surface area contributed by atoms with Gasteiger partial charge >= 0.3 is 5.97 Å². The van der Waals surface area contributed by atoms with Crippen molar-refractivity contribution in [1.82, 2.24) is 5.32 Å². The lowest BCUT2D eigenvalue weighted by atomic mass is 10.1. The number of aromatic carboxylic acids is 1. The molecule has 0 aromatic heterocycles. The molecule has 1 heterocycles. The minimum atomic E-state index is -1.14. The smallest absolute Gasteiger partial charge is 0.335 e. The van der Waals surface area contributed by atoms with E-state index < -0.39 is 17.8 Å². The maximum absolute atomic E-state index is 13.3. The molecule has 2 N–H and O–H groups in total. The molecule has 4 aromatic carbocycles. The molecule has 38 heavy (non-hydrogen) atoms. The van der Waals surface area contributed by atoms with Gasteiger partial charge in [-0.15, -0.1) is 0 Å². The predicted octanol–water partition coefficient (Wildman–Crippen LogP) is 5.55. The molecule has 9 heteroatoms. The number of carboxylic acid groups (broad SMARTS) is 1. The first kappa shape index (κ1) is 25.6. The number of carbonyl (C=O) groups is 3. The van der Waals surface area contributed by atoms with Crippen molar-refractivity contribution in [2.75, 3.05) is 4.90 Å². The summed E-state index contributed by atoms with van der Waals surface area (Å²) in [6, 6.07) is 25.5. The van der Waals surface area contributed by atoms with Crippen LogP contribution in [0.5, 0.6) is 5.75 Å². The van der Waals surface area contributed by atoms with Gasteiger partial charge in [0.2, 0.25) is 0 Å². The van der Waals surface area contributed by atoms with Crippen LogP contribution in [0.3, 0.4) is 0 Å². The van der Waals surface area contributed by atoms with Crippen LogP contribution in [0.4, 0.5) is 5.69 Å². The molecule has 0 bridgehead atoms. The minimum Gasteiger partial charge on any atom is -0.488 e. The highest BCUT2D eigenvalue weighted by Gasteiger charge is 2.34. The molecule has 0 aliphatic carbocycles. The fourth-order valence-electron chi connectivity index (χ4n) is 4.05. The maximum Gasteiger partial charge on any atom is 0.335 e. The number of carboxylic acids is 1. The fourth-order valence-corrected chi connectivity index (χ4v) is 5.03. The highest BCUT2D eigenvalue weighted by molar-refractivity contribution is 14.1. The fraction of sp³-hybridized carbons (Fsp3) is 0.0345. The topological polar surface area (TPSA) is 95.9 Å². The van der Waals surface area contributed by atoms with Gasteiger partial charge in [0.15, 0.2) is 5.11 Å². The van der Waals surface area contributed by atoms with Crippen LogP contribution in [0, 0.1) is 3.57 Å². The van der Waals surface area contributed by atoms with Crippen LogP contribution in [0.1, 0.15) is 21.5 Å². The van der Waals surface area contributed by atoms with Crippen LogP contribution in [-0.2, 0) is 16.2 Å². The predicted molar refractivity (Wildman–Crippen MR) is 157 cm³/mol. The number of nitrogens with one attached hydrogen (secondary N) is 1. The molecular weight excluding hydrogens is 615 g/mol. The molecule has 188 valence electrons. The Morgan fingerprint density at radius 1 is 0.974 bits per heavy atom. The second-order valence-corrected chi connectivity index (χ2v) is 10.0. The number of ether oxygens (including phenoxy) is 1. The van der Waals surface area contributed by atoms with Crippen LogP contribution in [0.2, 0.25) is 0 Å². The molecule has 5 rings (SSSR count). The van der Waals surface area contributed by atoms with Crippen LogP contribution in [0.15, 0.2) is 90.5 Å². The Balaban J connectivity index is 1.36. The van der Waals surface area contributed by atoms with Gasteiger partial charge in [-0.3, -0.25) is 19.8 Å². The number of thiocarbonyl (C=S) groups is 1. The molecule has 0 atom stereocenters. The number of carbonyl (C=O) groups excluding carboxylic acids is 2. The lowest BCUT2D eigenvalue weighted by Crippen LogP contribution is -2.54. The Labute approximate surface area is 236 Å². The summed E-state index contributed by atoms with van der Waals surface area (Å²) in [6.07, 6.45) is 1.47. The van der Waals surface area contributed by atoms with Crippen LogP contribution in [-0.4, -0.2) is 28.0 Å². The average molecular weight is 634 g/mol. The average Bonchev–Trinajstić information content (AvgIpc) is 2.90. The van der Waals surface area contributed by atoms with Gasteiger partial charge in [0.05, 0.1) is 14.8 Å². The molecule has 4 aromatic rings. The van der Waals surface area contributed by atoms with Gasteiger partial charge in [0.1, 0.15) is 17.9 Å². The first-order chi connectivity index (χ1) is 18.3. The van der Waals surface area contributed by atoms with E-state index >= 15 is 0 Å². The number of hydrogen-bond acceptors (Lipinski definition) is 5. The third-order valence-corrected chi connectivity index (χ3v) is 7.06. The van der Waals surface area contributed by atoms with E-state index in [9.17, 15) is 19.5 Å². The standard InChI is InChI=1S/C29H19IN2O5S/c30-24-14-17(9-11-25(24)37-16-18-8-10-19-4-1-2-5-20(19)12-18)13-23-26(33)31-29(38)32(27(23)34)22-7-3-6-21(15-22)28(35)36/h1-15H,16H2,(H,35,36)(H,31,33,38). The SMILES string of the molecule is O=C1NC(=S)N(c2cccc(C(=O)O)c2)C(=O)C1=Cc1ccc(OCc2ccc3ccccc3c2)c(I)c1. The Kier molecular flexibility index (Phi) is 7.21. The molecule has 0 unspecified atom stereocenters. The molecule has 1 aliphatic heterocycles. The van der Waals surface area contributed by atoms with E-state index in [4.69, 9.17) is 17.0 Å². The van der Waals surface area contributed by atoms with E-state index in [0.717, 1.165) is 19.4 Å². The van der Waals surface area contributed by atoms with Crippen molar-refractivity contribution in [3.05, 3.63) is 111 Å². The largest absolute Gasteiger partial charge is 0.488 e. The quantitative estimate of drug-likeness (QED) is 0.125. The van der Waals surface area contributed by atoms with Gasteiger partial charge in [-0.2, -0.15) is 0 Å². The summed E-state index contributed by atoms with van der Waals surface area (Å²) >= 11 is 7.35. The summed E-state index contributed by atoms with van der Waals surface area (Å²) in [4.78, 5) is 38.4. The highest BCUT2D eigenvalue weighted by Crippen LogP contribution is 2.27. The number of nitrogens with zero attached hydrogens (tertiary/aromatic N) is 1. The number of fused-ring (bicyclic) bond motifs is 1. The normalized spacial score (nSPS) is 14.6. The number of benzene rings is 4. The second kappa shape index (κ2) is 10.7. The molecule has 0 radical (unpaired) electrons. The van der Waals surface area contributed by atoms with E-state index in [-0.39, 0.29) is 21.9 Å². The summed E-state index contributed by atoms with van der Waals surface area (Å²) < 4.78 is 6.84. The monoisotopic (exact) mass is 634 g/mol. The van der Waals surface area contributed by atoms with Crippen molar-refractivity contribution >= 4 is 80.2 Å². The Hall–Kier alpha value is -4.09. The molecule has 2 amide bonds. The van der Waals surface area contributed by atoms with Gasteiger partial charge in [-0.05, 0) is 99.2 Å². The van der Waals surface area contributed by atoms with Gasteiger partial charge in [0, 0.05) is 0 Å². The van der Waals surface area contributed by atoms with Crippen LogP contribution >= 0.6 is 34.8 Å². The number of hydrogen-bond donors (Lipinski definition) is 2. The lowest BCUT2D eigenvalue weighted by molar-refractivity contribution is -0.122. The summed E-state index contributed by atoms with van der Waals surface area (Å²) in [5.41, 5.74) is 1.78. The highest BCUT2D eigenvalue weighted by atomic mass is 127. The Morgan fingerprint density at radius 3 is 2.53 bits per heavy atom. The van der Waals surface area contributed by atoms with E-state index in [1.165, 1.54) is 29.7 Å². The maximum atomic E-state index is 13.3. The zero-order valence-corrected chi connectivity index (χ0v) is 22.7. The van der Waals surface area contributed by atoms with Crippen molar-refractivity contribution in [1.29, 1.82) is 0 Å². The summed E-state index contributed by atoms with van der Waals surface area (Å²) in [5.74, 6) is -1.74. The lowest BCUT2D eigenvalue weighted by Gasteiger charge is -2.29. The van der Waals surface area contributed by atoms with E-state index in [2.05, 4.69) is 52.2 Å². The van der Waals surface area contributed by atoms with Crippen LogP contribution in [0.25, 0.3) is 16.8 Å². The van der Waals surface area contributed by atoms with E-state index in [1.54, 1.807) is 18.2 Å². The summed E-state index contributed by atoms with van der Waals surface area (Å²) in [7, 11) is 0. The van der Waals surface area contributed by atoms with Crippen molar-refractivity contribution in [3.8, 4) is 5.75 Å².